The number of carbonyl (C=O) groups is 2. The van der Waals surface area contributed by atoms with Crippen molar-refractivity contribution in [3.8, 4) is 0 Å². The summed E-state index contributed by atoms with van der Waals surface area (Å²) in [5, 5.41) is 60.2. The minimum Gasteiger partial charge on any atom is -0.462 e. The third kappa shape index (κ3) is 31.0. The van der Waals surface area contributed by atoms with Gasteiger partial charge in [-0.15, -0.1) is 0 Å². The molecule has 0 radical (unpaired) electrons. The van der Waals surface area contributed by atoms with E-state index in [4.69, 9.17) is 18.5 Å². The van der Waals surface area contributed by atoms with Gasteiger partial charge in [0.1, 0.15) is 43.2 Å². The number of hydrogen-bond donors (Lipinski definition) is 7. The zero-order chi connectivity index (χ0) is 48.7. The summed E-state index contributed by atoms with van der Waals surface area (Å²) in [5.41, 5.74) is 0. The molecule has 1 saturated carbocycles. The van der Waals surface area contributed by atoms with Crippen LogP contribution in [-0.4, -0.2) is 110 Å². The Bertz CT molecular complexity index is 1670. The summed E-state index contributed by atoms with van der Waals surface area (Å²) in [6, 6.07) is 0. The molecule has 1 aliphatic rings. The van der Waals surface area contributed by atoms with Gasteiger partial charge < -0.3 is 45.0 Å². The Morgan fingerprint density at radius 1 is 0.545 bits per heavy atom. The molecule has 4 unspecified atom stereocenters. The average Bonchev–Trinajstić information content (AvgIpc) is 3.29. The fourth-order valence-electron chi connectivity index (χ4n) is 5.90. The van der Waals surface area contributed by atoms with Gasteiger partial charge in [-0.05, 0) is 83.5 Å². The van der Waals surface area contributed by atoms with Gasteiger partial charge in [0.05, 0.1) is 12.7 Å². The number of rotatable bonds is 35. The van der Waals surface area contributed by atoms with Crippen molar-refractivity contribution >= 4 is 19.8 Å². The minimum atomic E-state index is -5.18. The Hall–Kier alpha value is -4.05. The van der Waals surface area contributed by atoms with Gasteiger partial charge in [-0.3, -0.25) is 18.6 Å². The van der Waals surface area contributed by atoms with Crippen LogP contribution in [-0.2, 0) is 32.7 Å². The number of aliphatic hydroxyl groups excluding tert-OH is 6. The van der Waals surface area contributed by atoms with E-state index >= 15 is 0 Å². The fraction of sp³-hybridized carbons (Fsp3) is 0.529. The molecule has 1 aliphatic carbocycles. The van der Waals surface area contributed by atoms with Crippen molar-refractivity contribution in [1.29, 1.82) is 0 Å². The van der Waals surface area contributed by atoms with Crippen molar-refractivity contribution in [2.45, 2.75) is 159 Å². The highest BCUT2D eigenvalue weighted by Crippen LogP contribution is 2.47. The maximum Gasteiger partial charge on any atom is 0.472 e. The molecule has 7 N–H and O–H groups in total. The zero-order valence-corrected chi connectivity index (χ0v) is 39.7. The second-order valence-corrected chi connectivity index (χ2v) is 16.7. The summed E-state index contributed by atoms with van der Waals surface area (Å²) in [5.74, 6) is -1.32. The molecule has 370 valence electrons. The predicted octanol–water partition coefficient (Wildman–Crippen LogP) is 8.13. The lowest BCUT2D eigenvalue weighted by Gasteiger charge is -2.41. The molecular weight excluding hydrogens is 868 g/mol. The number of unbranched alkanes of at least 4 members (excludes halogenated alkanes) is 1. The van der Waals surface area contributed by atoms with Crippen LogP contribution in [0.4, 0.5) is 0 Å². The summed E-state index contributed by atoms with van der Waals surface area (Å²) >= 11 is 0. The van der Waals surface area contributed by atoms with Crippen molar-refractivity contribution in [3.63, 3.8) is 0 Å². The zero-order valence-electron chi connectivity index (χ0n) is 38.8. The van der Waals surface area contributed by atoms with Gasteiger partial charge in [0.2, 0.25) is 0 Å². The van der Waals surface area contributed by atoms with Gasteiger partial charge in [-0.25, -0.2) is 4.57 Å². The van der Waals surface area contributed by atoms with E-state index < -0.39 is 81.8 Å². The standard InChI is InChI=1S/C51H77O14P/c1-3-5-7-9-11-12-13-14-15-16-17-18-19-20-21-22-27-31-35-39-45(54)64-43(41-63-66(60,61)65-51-49(58)47(56)46(55)48(57)50(51)59)40-62-44(53)38-34-30-26-24-23-25-29-33-37-42(52)36-32-28-10-8-6-4-2/h5-8,11-12,14-15,17-18,20-21,24-29,31-33,37,42-43,46-52,55-59H,3-4,9-10,13,16,19,22-23,30,34-36,38-41H2,1-2H3,(H,60,61)/b7-5-,8-6-,12-11-,15-14-,18-17-,21-20-,26-24-,29-25-,31-27-,32-28-,37-33+/t42?,43-,46?,47-,48+,49-,50-,51?/m1/s1. The molecule has 66 heavy (non-hydrogen) atoms. The largest absolute Gasteiger partial charge is 0.472 e. The second-order valence-electron chi connectivity index (χ2n) is 15.3. The van der Waals surface area contributed by atoms with Crippen LogP contribution in [0.25, 0.3) is 0 Å². The Morgan fingerprint density at radius 3 is 1.53 bits per heavy atom. The molecule has 0 bridgehead atoms. The molecular formula is C51H77O14P. The highest BCUT2D eigenvalue weighted by atomic mass is 31.2. The number of phosphoric acid groups is 1. The topological polar surface area (TPSA) is 230 Å². The SMILES string of the molecule is CC/C=C\C/C=C\C/C=C\C/C=C\C/C=C\C/C=C\CCC(=O)O[C@H](COC(=O)CCC/C=C\C/C=C\C=C\C(O)C/C=C\C/C=C\CC)COP(=O)(O)OC1[C@H](O)[C@H](O)C(O)[C@H](O)[C@H]1O. The molecule has 0 aromatic carbocycles. The Morgan fingerprint density at radius 2 is 1.00 bits per heavy atom. The van der Waals surface area contributed by atoms with Gasteiger partial charge in [-0.2, -0.15) is 0 Å². The molecule has 0 heterocycles. The molecule has 0 amide bonds. The number of esters is 2. The van der Waals surface area contributed by atoms with Gasteiger partial charge in [0, 0.05) is 12.8 Å². The maximum atomic E-state index is 12.8. The van der Waals surface area contributed by atoms with Crippen LogP contribution in [0, 0.1) is 0 Å². The predicted molar refractivity (Wildman–Crippen MR) is 259 cm³/mol. The first-order valence-corrected chi connectivity index (χ1v) is 24.6. The molecule has 0 aromatic rings. The van der Waals surface area contributed by atoms with Crippen LogP contribution < -0.4 is 0 Å². The van der Waals surface area contributed by atoms with Gasteiger partial charge in [0.25, 0.3) is 0 Å². The quantitative estimate of drug-likeness (QED) is 0.0105. The average molecular weight is 945 g/mol. The van der Waals surface area contributed by atoms with E-state index in [9.17, 15) is 49.7 Å². The van der Waals surface area contributed by atoms with Crippen molar-refractivity contribution in [2.24, 2.45) is 0 Å². The van der Waals surface area contributed by atoms with E-state index in [0.717, 1.165) is 44.9 Å². The van der Waals surface area contributed by atoms with Crippen LogP contribution in [0.15, 0.2) is 134 Å². The van der Waals surface area contributed by atoms with E-state index in [2.05, 4.69) is 74.6 Å². The number of carbonyl (C=O) groups excluding carboxylic acids is 2. The van der Waals surface area contributed by atoms with E-state index in [1.807, 2.05) is 60.8 Å². The number of phosphoric ester groups is 1. The first kappa shape index (κ1) is 60.0. The molecule has 14 nitrogen and oxygen atoms in total. The Labute approximate surface area is 392 Å². The number of ether oxygens (including phenoxy) is 2. The molecule has 15 heteroatoms. The minimum absolute atomic E-state index is 0.0317. The lowest BCUT2D eigenvalue weighted by molar-refractivity contribution is -0.220. The van der Waals surface area contributed by atoms with Crippen LogP contribution in [0.3, 0.4) is 0 Å². The summed E-state index contributed by atoms with van der Waals surface area (Å²) in [4.78, 5) is 35.7. The highest BCUT2D eigenvalue weighted by molar-refractivity contribution is 7.47. The van der Waals surface area contributed by atoms with Crippen LogP contribution in [0.1, 0.15) is 110 Å². The first-order valence-electron chi connectivity index (χ1n) is 23.1. The fourth-order valence-corrected chi connectivity index (χ4v) is 6.87. The molecule has 9 atom stereocenters. The third-order valence-corrected chi connectivity index (χ3v) is 10.6. The van der Waals surface area contributed by atoms with Gasteiger partial charge in [0.15, 0.2) is 6.10 Å². The van der Waals surface area contributed by atoms with Crippen molar-refractivity contribution in [2.75, 3.05) is 13.2 Å². The molecule has 0 saturated heterocycles. The van der Waals surface area contributed by atoms with Gasteiger partial charge >= 0.3 is 19.8 Å². The van der Waals surface area contributed by atoms with Crippen LogP contribution >= 0.6 is 7.82 Å². The second kappa shape index (κ2) is 39.0. The number of hydrogen-bond acceptors (Lipinski definition) is 13. The van der Waals surface area contributed by atoms with Crippen molar-refractivity contribution in [3.05, 3.63) is 134 Å². The summed E-state index contributed by atoms with van der Waals surface area (Å²) < 4.78 is 33.3. The summed E-state index contributed by atoms with van der Waals surface area (Å²) in [7, 11) is -5.18. The summed E-state index contributed by atoms with van der Waals surface area (Å²) in [6.07, 6.45) is 39.7. The molecule has 0 spiro atoms. The molecule has 1 fully saturated rings. The number of allylic oxidation sites excluding steroid dienone is 20. The van der Waals surface area contributed by atoms with Crippen molar-refractivity contribution < 1.29 is 68.2 Å². The van der Waals surface area contributed by atoms with E-state index in [1.165, 1.54) is 0 Å². The normalized spacial score (nSPS) is 23.0. The summed E-state index contributed by atoms with van der Waals surface area (Å²) in [6.45, 7) is 2.86. The van der Waals surface area contributed by atoms with E-state index in [-0.39, 0.29) is 12.8 Å². The molecule has 0 aromatic heterocycles. The van der Waals surface area contributed by atoms with Gasteiger partial charge in [-0.1, -0.05) is 148 Å². The van der Waals surface area contributed by atoms with Crippen LogP contribution in [0.2, 0.25) is 0 Å². The van der Waals surface area contributed by atoms with Crippen molar-refractivity contribution in [1.82, 2.24) is 0 Å². The Balaban J connectivity index is 2.60. The Kier molecular flexibility index (Phi) is 35.4. The lowest BCUT2D eigenvalue weighted by Crippen LogP contribution is -2.64. The third-order valence-electron chi connectivity index (χ3n) is 9.58. The van der Waals surface area contributed by atoms with Crippen LogP contribution in [0.5, 0.6) is 0 Å². The first-order chi connectivity index (χ1) is 31.8. The van der Waals surface area contributed by atoms with E-state index in [1.54, 1.807) is 12.2 Å². The highest BCUT2D eigenvalue weighted by Gasteiger charge is 2.51. The molecule has 0 aliphatic heterocycles. The number of aliphatic hydroxyl groups is 6. The smallest absolute Gasteiger partial charge is 0.462 e. The monoisotopic (exact) mass is 945 g/mol. The molecule has 1 rings (SSSR count). The lowest BCUT2D eigenvalue weighted by atomic mass is 9.85. The maximum absolute atomic E-state index is 12.8. The van der Waals surface area contributed by atoms with E-state index in [0.29, 0.717) is 38.5 Å².